The highest BCUT2D eigenvalue weighted by molar-refractivity contribution is 6.08. The van der Waals surface area contributed by atoms with Crippen LogP contribution in [0.15, 0.2) is 17.7 Å². The number of hydrogen-bond acceptors (Lipinski definition) is 4. The van der Waals surface area contributed by atoms with E-state index in [1.807, 2.05) is 0 Å². The number of allylic oxidation sites excluding steroid dienone is 2. The first kappa shape index (κ1) is 16.9. The molecular weight excluding hydrogens is 289 g/mol. The van der Waals surface area contributed by atoms with Gasteiger partial charge in [-0.2, -0.15) is 13.2 Å². The monoisotopic (exact) mass is 304 g/mol. The summed E-state index contributed by atoms with van der Waals surface area (Å²) in [6.45, 7) is 0.840. The predicted octanol–water partition coefficient (Wildman–Crippen LogP) is 3.25. The third kappa shape index (κ3) is 3.48. The lowest BCUT2D eigenvalue weighted by atomic mass is 10.0. The van der Waals surface area contributed by atoms with Gasteiger partial charge in [0, 0.05) is 11.1 Å². The van der Waals surface area contributed by atoms with Crippen molar-refractivity contribution in [1.29, 1.82) is 0 Å². The zero-order valence-corrected chi connectivity index (χ0v) is 12.0. The minimum Gasteiger partial charge on any atom is -0.493 e. The van der Waals surface area contributed by atoms with E-state index in [0.29, 0.717) is 0 Å². The molecule has 0 aliphatic rings. The third-order valence-corrected chi connectivity index (χ3v) is 2.92. The summed E-state index contributed by atoms with van der Waals surface area (Å²) in [5.41, 5.74) is -1.44. The Morgan fingerprint density at radius 1 is 1.05 bits per heavy atom. The van der Waals surface area contributed by atoms with Crippen molar-refractivity contribution in [2.24, 2.45) is 0 Å². The molecule has 4 nitrogen and oxygen atoms in total. The molecule has 0 atom stereocenters. The van der Waals surface area contributed by atoms with Crippen molar-refractivity contribution in [2.75, 3.05) is 21.3 Å². The zero-order chi connectivity index (χ0) is 16.2. The van der Waals surface area contributed by atoms with Crippen molar-refractivity contribution >= 4 is 11.9 Å². The van der Waals surface area contributed by atoms with Crippen molar-refractivity contribution in [1.82, 2.24) is 0 Å². The Labute approximate surface area is 120 Å². The fourth-order valence-electron chi connectivity index (χ4n) is 1.76. The Kier molecular flexibility index (Phi) is 5.23. The lowest BCUT2D eigenvalue weighted by Gasteiger charge is -2.16. The number of carbonyl (C=O) groups excluding carboxylic acids is 1. The van der Waals surface area contributed by atoms with Crippen LogP contribution in [-0.4, -0.2) is 33.8 Å². The number of carbonyl (C=O) groups is 1. The molecule has 1 rings (SSSR count). The Morgan fingerprint density at radius 3 is 1.81 bits per heavy atom. The zero-order valence-electron chi connectivity index (χ0n) is 12.0. The quantitative estimate of drug-likeness (QED) is 0.619. The number of halogens is 3. The van der Waals surface area contributed by atoms with Crippen molar-refractivity contribution < 1.29 is 32.2 Å². The van der Waals surface area contributed by atoms with Gasteiger partial charge in [0.2, 0.25) is 5.75 Å². The summed E-state index contributed by atoms with van der Waals surface area (Å²) in [6, 6.07) is 2.58. The van der Waals surface area contributed by atoms with Crippen LogP contribution < -0.4 is 14.2 Å². The van der Waals surface area contributed by atoms with E-state index in [1.165, 1.54) is 33.5 Å². The molecule has 0 N–H and O–H groups in total. The molecule has 1 aromatic carbocycles. The number of rotatable bonds is 5. The normalized spacial score (nSPS) is 12.5. The minimum absolute atomic E-state index is 0.0364. The van der Waals surface area contributed by atoms with Crippen LogP contribution in [0.25, 0.3) is 5.57 Å². The van der Waals surface area contributed by atoms with E-state index < -0.39 is 17.3 Å². The van der Waals surface area contributed by atoms with Gasteiger partial charge in [-0.25, -0.2) is 0 Å². The highest BCUT2D eigenvalue weighted by Gasteiger charge is 2.33. The number of alkyl halides is 3. The molecule has 0 spiro atoms. The molecule has 0 bridgehead atoms. The molecule has 21 heavy (non-hydrogen) atoms. The van der Waals surface area contributed by atoms with Crippen molar-refractivity contribution in [3.8, 4) is 17.2 Å². The lowest BCUT2D eigenvalue weighted by molar-refractivity contribution is -0.105. The number of methoxy groups -OCH3 is 3. The molecule has 1 aromatic rings. The molecule has 0 fully saturated rings. The molecule has 0 aromatic heterocycles. The number of benzene rings is 1. The molecular formula is C14H15F3O4. The Hall–Kier alpha value is -2.18. The maximum atomic E-state index is 12.8. The van der Waals surface area contributed by atoms with E-state index in [2.05, 4.69) is 0 Å². The van der Waals surface area contributed by atoms with Gasteiger partial charge in [-0.3, -0.25) is 4.79 Å². The van der Waals surface area contributed by atoms with Crippen LogP contribution in [0.5, 0.6) is 17.2 Å². The van der Waals surface area contributed by atoms with Crippen LogP contribution in [0, 0.1) is 0 Å². The van der Waals surface area contributed by atoms with E-state index in [1.54, 1.807) is 0 Å². The maximum Gasteiger partial charge on any atom is 0.413 e. The molecule has 116 valence electrons. The molecule has 0 saturated carbocycles. The molecule has 0 heterocycles. The summed E-state index contributed by atoms with van der Waals surface area (Å²) < 4.78 is 53.5. The van der Waals surface area contributed by atoms with Crippen LogP contribution in [-0.2, 0) is 4.79 Å². The second-order valence-electron chi connectivity index (χ2n) is 4.07. The van der Waals surface area contributed by atoms with E-state index >= 15 is 0 Å². The molecule has 0 aliphatic carbocycles. The average Bonchev–Trinajstić information content (AvgIpc) is 2.45. The summed E-state index contributed by atoms with van der Waals surface area (Å²) in [7, 11) is 4.04. The Morgan fingerprint density at radius 2 is 1.52 bits per heavy atom. The standard InChI is InChI=1S/C14H15F3O4/c1-8(14(15,16)17)10(7-18)9-5-11(19-2)13(21-4)12(6-9)20-3/h5-7H,1-4H3. The van der Waals surface area contributed by atoms with E-state index in [-0.39, 0.29) is 29.1 Å². The van der Waals surface area contributed by atoms with Crippen molar-refractivity contribution in [3.63, 3.8) is 0 Å². The van der Waals surface area contributed by atoms with Gasteiger partial charge in [0.15, 0.2) is 17.8 Å². The summed E-state index contributed by atoms with van der Waals surface area (Å²) in [5, 5.41) is 0. The first-order valence-corrected chi connectivity index (χ1v) is 5.83. The van der Waals surface area contributed by atoms with Gasteiger partial charge >= 0.3 is 6.18 Å². The second-order valence-corrected chi connectivity index (χ2v) is 4.07. The fourth-order valence-corrected chi connectivity index (χ4v) is 1.76. The van der Waals surface area contributed by atoms with Crippen molar-refractivity contribution in [2.45, 2.75) is 13.1 Å². The van der Waals surface area contributed by atoms with Gasteiger partial charge < -0.3 is 14.2 Å². The minimum atomic E-state index is -4.60. The summed E-state index contributed by atoms with van der Waals surface area (Å²) in [6.07, 6.45) is -4.44. The first-order chi connectivity index (χ1) is 9.79. The van der Waals surface area contributed by atoms with Gasteiger partial charge in [-0.15, -0.1) is 0 Å². The summed E-state index contributed by atoms with van der Waals surface area (Å²) in [5.74, 6) is 0.570. The van der Waals surface area contributed by atoms with Crippen molar-refractivity contribution in [3.05, 3.63) is 23.3 Å². The van der Waals surface area contributed by atoms with E-state index in [0.717, 1.165) is 6.92 Å². The first-order valence-electron chi connectivity index (χ1n) is 5.83. The Balaban J connectivity index is 3.60. The third-order valence-electron chi connectivity index (χ3n) is 2.92. The van der Waals surface area contributed by atoms with E-state index in [4.69, 9.17) is 14.2 Å². The van der Waals surface area contributed by atoms with Gasteiger partial charge in [0.05, 0.1) is 21.3 Å². The molecule has 0 saturated heterocycles. The topological polar surface area (TPSA) is 44.8 Å². The number of hydrogen-bond donors (Lipinski definition) is 0. The van der Waals surface area contributed by atoms with Gasteiger partial charge in [0.1, 0.15) is 0 Å². The van der Waals surface area contributed by atoms with Crippen LogP contribution >= 0.6 is 0 Å². The molecule has 0 radical (unpaired) electrons. The molecule has 0 amide bonds. The molecule has 0 aliphatic heterocycles. The smallest absolute Gasteiger partial charge is 0.413 e. The second kappa shape index (κ2) is 6.51. The van der Waals surface area contributed by atoms with Crippen LogP contribution in [0.4, 0.5) is 13.2 Å². The van der Waals surface area contributed by atoms with Crippen LogP contribution in [0.3, 0.4) is 0 Å². The predicted molar refractivity (Wildman–Crippen MR) is 70.8 cm³/mol. The fraction of sp³-hybridized carbons (Fsp3) is 0.357. The number of ether oxygens (including phenoxy) is 3. The van der Waals surface area contributed by atoms with Gasteiger partial charge in [-0.05, 0) is 24.6 Å². The summed E-state index contributed by atoms with van der Waals surface area (Å²) in [4.78, 5) is 11.1. The average molecular weight is 304 g/mol. The van der Waals surface area contributed by atoms with Gasteiger partial charge in [-0.1, -0.05) is 0 Å². The maximum absolute atomic E-state index is 12.8. The number of aldehydes is 1. The lowest BCUT2D eigenvalue weighted by Crippen LogP contribution is -2.12. The van der Waals surface area contributed by atoms with Gasteiger partial charge in [0.25, 0.3) is 0 Å². The van der Waals surface area contributed by atoms with E-state index in [9.17, 15) is 18.0 Å². The molecule has 7 heteroatoms. The Bertz CT molecular complexity index is 537. The van der Waals surface area contributed by atoms with Crippen LogP contribution in [0.1, 0.15) is 12.5 Å². The largest absolute Gasteiger partial charge is 0.493 e. The summed E-state index contributed by atoms with van der Waals surface area (Å²) >= 11 is 0. The van der Waals surface area contributed by atoms with Crippen LogP contribution in [0.2, 0.25) is 0 Å². The highest BCUT2D eigenvalue weighted by atomic mass is 19.4. The SMILES string of the molecule is COc1cc(C(C=O)=C(C)C(F)(F)F)cc(OC)c1OC. The highest BCUT2D eigenvalue weighted by Crippen LogP contribution is 2.41. The molecule has 0 unspecified atom stereocenters.